The maximum Gasteiger partial charge on any atom is 0.129 e. The van der Waals surface area contributed by atoms with Crippen molar-refractivity contribution < 1.29 is 9.50 Å². The summed E-state index contributed by atoms with van der Waals surface area (Å²) in [4.78, 5) is 0. The van der Waals surface area contributed by atoms with Crippen molar-refractivity contribution in [1.29, 1.82) is 0 Å². The van der Waals surface area contributed by atoms with Gasteiger partial charge in [0.05, 0.1) is 5.60 Å². The first-order chi connectivity index (χ1) is 7.39. The largest absolute Gasteiger partial charge is 0.385 e. The molecule has 0 fully saturated rings. The molecule has 3 heteroatoms. The van der Waals surface area contributed by atoms with Crippen molar-refractivity contribution in [3.8, 4) is 0 Å². The Kier molecular flexibility index (Phi) is 3.71. The van der Waals surface area contributed by atoms with Crippen LogP contribution < -0.4 is 5.73 Å². The van der Waals surface area contributed by atoms with Crippen LogP contribution in [0.2, 0.25) is 0 Å². The van der Waals surface area contributed by atoms with Crippen LogP contribution in [-0.4, -0.2) is 11.7 Å². The lowest BCUT2D eigenvalue weighted by molar-refractivity contribution is -0.0670. The second-order valence-corrected chi connectivity index (χ2v) is 4.67. The molecule has 0 aliphatic carbocycles. The lowest BCUT2D eigenvalue weighted by Crippen LogP contribution is -2.46. The number of hydrogen-bond acceptors (Lipinski definition) is 2. The van der Waals surface area contributed by atoms with Crippen LogP contribution in [0.1, 0.15) is 32.8 Å². The van der Waals surface area contributed by atoms with Crippen molar-refractivity contribution >= 4 is 0 Å². The molecule has 0 radical (unpaired) electrons. The number of benzene rings is 1. The minimum Gasteiger partial charge on any atom is -0.385 e. The molecule has 16 heavy (non-hydrogen) atoms. The van der Waals surface area contributed by atoms with Crippen LogP contribution in [0, 0.1) is 11.2 Å². The molecule has 1 rings (SSSR count). The van der Waals surface area contributed by atoms with Crippen LogP contribution in [0.15, 0.2) is 24.3 Å². The first kappa shape index (κ1) is 13.1. The minimum absolute atomic E-state index is 0.310. The normalized spacial score (nSPS) is 18.9. The van der Waals surface area contributed by atoms with Gasteiger partial charge in [-0.15, -0.1) is 0 Å². The van der Waals surface area contributed by atoms with E-state index < -0.39 is 11.0 Å². The quantitative estimate of drug-likeness (QED) is 0.826. The SMILES string of the molecule is CCC(C)(CN)C(C)(O)c1ccccc1F. The Morgan fingerprint density at radius 3 is 2.31 bits per heavy atom. The van der Waals surface area contributed by atoms with Gasteiger partial charge in [-0.05, 0) is 19.4 Å². The van der Waals surface area contributed by atoms with Gasteiger partial charge in [0, 0.05) is 17.5 Å². The average Bonchev–Trinajstić information content (AvgIpc) is 2.28. The molecule has 0 heterocycles. The van der Waals surface area contributed by atoms with E-state index in [0.717, 1.165) is 0 Å². The molecule has 2 unspecified atom stereocenters. The summed E-state index contributed by atoms with van der Waals surface area (Å²) in [7, 11) is 0. The Morgan fingerprint density at radius 2 is 1.88 bits per heavy atom. The Bertz CT molecular complexity index is 359. The summed E-state index contributed by atoms with van der Waals surface area (Å²) in [6.07, 6.45) is 0.685. The van der Waals surface area contributed by atoms with E-state index in [0.29, 0.717) is 18.5 Å². The number of nitrogens with two attached hydrogens (primary N) is 1. The minimum atomic E-state index is -1.26. The van der Waals surface area contributed by atoms with Gasteiger partial charge in [0.2, 0.25) is 0 Å². The summed E-state index contributed by atoms with van der Waals surface area (Å²) in [5.41, 5.74) is 4.22. The van der Waals surface area contributed by atoms with Crippen LogP contribution in [0.3, 0.4) is 0 Å². The van der Waals surface area contributed by atoms with Crippen LogP contribution in [0.4, 0.5) is 4.39 Å². The first-order valence-corrected chi connectivity index (χ1v) is 5.56. The molecule has 0 amide bonds. The van der Waals surface area contributed by atoms with Gasteiger partial charge in [-0.3, -0.25) is 0 Å². The van der Waals surface area contributed by atoms with E-state index in [1.807, 2.05) is 13.8 Å². The van der Waals surface area contributed by atoms with Crippen LogP contribution in [0.25, 0.3) is 0 Å². The summed E-state index contributed by atoms with van der Waals surface area (Å²) >= 11 is 0. The summed E-state index contributed by atoms with van der Waals surface area (Å²) in [6.45, 7) is 5.76. The van der Waals surface area contributed by atoms with Gasteiger partial charge in [-0.25, -0.2) is 4.39 Å². The molecule has 2 atom stereocenters. The predicted octanol–water partition coefficient (Wildman–Crippen LogP) is 2.41. The highest BCUT2D eigenvalue weighted by Crippen LogP contribution is 2.42. The average molecular weight is 225 g/mol. The summed E-state index contributed by atoms with van der Waals surface area (Å²) in [6, 6.07) is 6.30. The maximum absolute atomic E-state index is 13.7. The van der Waals surface area contributed by atoms with Crippen molar-refractivity contribution in [2.24, 2.45) is 11.1 Å². The monoisotopic (exact) mass is 225 g/mol. The molecule has 1 aromatic rings. The lowest BCUT2D eigenvalue weighted by atomic mass is 9.69. The third-order valence-corrected chi connectivity index (χ3v) is 3.80. The second kappa shape index (κ2) is 4.52. The maximum atomic E-state index is 13.7. The molecule has 0 spiro atoms. The van der Waals surface area contributed by atoms with Gasteiger partial charge in [-0.1, -0.05) is 32.0 Å². The fraction of sp³-hybridized carbons (Fsp3) is 0.538. The Hall–Kier alpha value is -0.930. The number of aliphatic hydroxyl groups is 1. The zero-order valence-electron chi connectivity index (χ0n) is 10.1. The van der Waals surface area contributed by atoms with E-state index in [1.54, 1.807) is 25.1 Å². The van der Waals surface area contributed by atoms with Gasteiger partial charge in [0.15, 0.2) is 0 Å². The standard InChI is InChI=1S/C13H20FNO/c1-4-12(2,9-15)13(3,16)10-7-5-6-8-11(10)14/h5-8,16H,4,9,15H2,1-3H3. The molecule has 0 saturated carbocycles. The third kappa shape index (κ3) is 1.97. The molecule has 1 aromatic carbocycles. The third-order valence-electron chi connectivity index (χ3n) is 3.80. The number of rotatable bonds is 4. The molecule has 0 bridgehead atoms. The number of halogens is 1. The van der Waals surface area contributed by atoms with Crippen LogP contribution in [-0.2, 0) is 5.60 Å². The highest BCUT2D eigenvalue weighted by molar-refractivity contribution is 5.26. The summed E-state index contributed by atoms with van der Waals surface area (Å²) < 4.78 is 13.7. The molecular weight excluding hydrogens is 205 g/mol. The Balaban J connectivity index is 3.25. The molecule has 0 saturated heterocycles. The van der Waals surface area contributed by atoms with Gasteiger partial charge in [-0.2, -0.15) is 0 Å². The second-order valence-electron chi connectivity index (χ2n) is 4.67. The lowest BCUT2D eigenvalue weighted by Gasteiger charge is -2.42. The van der Waals surface area contributed by atoms with E-state index in [2.05, 4.69) is 0 Å². The van der Waals surface area contributed by atoms with Gasteiger partial charge >= 0.3 is 0 Å². The van der Waals surface area contributed by atoms with Crippen molar-refractivity contribution in [3.63, 3.8) is 0 Å². The Labute approximate surface area is 96.3 Å². The predicted molar refractivity (Wildman–Crippen MR) is 63.4 cm³/mol. The zero-order valence-corrected chi connectivity index (χ0v) is 10.1. The van der Waals surface area contributed by atoms with Gasteiger partial charge < -0.3 is 10.8 Å². The van der Waals surface area contributed by atoms with Gasteiger partial charge in [0.1, 0.15) is 5.82 Å². The Morgan fingerprint density at radius 1 is 1.31 bits per heavy atom. The van der Waals surface area contributed by atoms with E-state index in [9.17, 15) is 9.50 Å². The zero-order chi connectivity index (χ0) is 12.4. The molecule has 3 N–H and O–H groups in total. The first-order valence-electron chi connectivity index (χ1n) is 5.56. The molecule has 0 aromatic heterocycles. The van der Waals surface area contributed by atoms with E-state index >= 15 is 0 Å². The van der Waals surface area contributed by atoms with Crippen LogP contribution in [0.5, 0.6) is 0 Å². The van der Waals surface area contributed by atoms with E-state index in [4.69, 9.17) is 5.73 Å². The van der Waals surface area contributed by atoms with E-state index in [1.165, 1.54) is 6.07 Å². The highest BCUT2D eigenvalue weighted by Gasteiger charge is 2.43. The highest BCUT2D eigenvalue weighted by atomic mass is 19.1. The van der Waals surface area contributed by atoms with Crippen molar-refractivity contribution in [3.05, 3.63) is 35.6 Å². The van der Waals surface area contributed by atoms with Crippen LogP contribution >= 0.6 is 0 Å². The molecular formula is C13H20FNO. The van der Waals surface area contributed by atoms with Crippen molar-refractivity contribution in [1.82, 2.24) is 0 Å². The van der Waals surface area contributed by atoms with Crippen molar-refractivity contribution in [2.45, 2.75) is 32.8 Å². The fourth-order valence-corrected chi connectivity index (χ4v) is 1.87. The molecule has 2 nitrogen and oxygen atoms in total. The fourth-order valence-electron chi connectivity index (χ4n) is 1.87. The smallest absolute Gasteiger partial charge is 0.129 e. The van der Waals surface area contributed by atoms with E-state index in [-0.39, 0.29) is 5.82 Å². The molecule has 0 aliphatic heterocycles. The summed E-state index contributed by atoms with van der Waals surface area (Å²) in [5, 5.41) is 10.6. The summed E-state index contributed by atoms with van der Waals surface area (Å²) in [5.74, 6) is -0.388. The molecule has 90 valence electrons. The topological polar surface area (TPSA) is 46.2 Å². The molecule has 0 aliphatic rings. The van der Waals surface area contributed by atoms with Gasteiger partial charge in [0.25, 0.3) is 0 Å². The van der Waals surface area contributed by atoms with Crippen molar-refractivity contribution in [2.75, 3.05) is 6.54 Å². The number of hydrogen-bond donors (Lipinski definition) is 2.